The number of halogens is 2. The van der Waals surface area contributed by atoms with Crippen molar-refractivity contribution >= 4 is 5.69 Å². The molecule has 0 aliphatic heterocycles. The summed E-state index contributed by atoms with van der Waals surface area (Å²) in [4.78, 5) is 0. The molecule has 112 valence electrons. The quantitative estimate of drug-likeness (QED) is 0.806. The van der Waals surface area contributed by atoms with Gasteiger partial charge in [0.15, 0.2) is 0 Å². The predicted molar refractivity (Wildman–Crippen MR) is 80.9 cm³/mol. The molecule has 2 rings (SSSR count). The zero-order chi connectivity index (χ0) is 15.2. The number of ether oxygens (including phenoxy) is 1. The molecule has 0 bridgehead atoms. The summed E-state index contributed by atoms with van der Waals surface area (Å²) in [5.41, 5.74) is 3.33. The van der Waals surface area contributed by atoms with E-state index in [2.05, 4.69) is 29.1 Å². The Bertz CT molecular complexity index is 569. The van der Waals surface area contributed by atoms with E-state index in [4.69, 9.17) is 0 Å². The number of alkyl halides is 2. The van der Waals surface area contributed by atoms with E-state index in [1.165, 1.54) is 5.56 Å². The van der Waals surface area contributed by atoms with Crippen molar-refractivity contribution in [2.24, 2.45) is 0 Å². The highest BCUT2D eigenvalue weighted by Gasteiger charge is 2.08. The van der Waals surface area contributed by atoms with Crippen molar-refractivity contribution in [3.05, 3.63) is 59.7 Å². The summed E-state index contributed by atoms with van der Waals surface area (Å²) >= 11 is 0. The van der Waals surface area contributed by atoms with Crippen molar-refractivity contribution in [2.45, 2.75) is 32.9 Å². The van der Waals surface area contributed by atoms with Gasteiger partial charge in [-0.05, 0) is 48.7 Å². The lowest BCUT2D eigenvalue weighted by atomic mass is 10.1. The molecule has 1 N–H and O–H groups in total. The summed E-state index contributed by atoms with van der Waals surface area (Å²) in [5.74, 6) is 0.175. The van der Waals surface area contributed by atoms with Crippen LogP contribution in [0.4, 0.5) is 14.5 Å². The summed E-state index contributed by atoms with van der Waals surface area (Å²) in [6, 6.07) is 15.0. The van der Waals surface area contributed by atoms with E-state index in [-0.39, 0.29) is 11.8 Å². The van der Waals surface area contributed by atoms with E-state index < -0.39 is 6.61 Å². The summed E-state index contributed by atoms with van der Waals surface area (Å²) in [5, 5.41) is 3.40. The Morgan fingerprint density at radius 3 is 2.43 bits per heavy atom. The minimum Gasteiger partial charge on any atom is -0.435 e. The van der Waals surface area contributed by atoms with E-state index in [0.717, 1.165) is 17.7 Å². The van der Waals surface area contributed by atoms with Crippen molar-refractivity contribution in [2.75, 3.05) is 5.32 Å². The van der Waals surface area contributed by atoms with Gasteiger partial charge >= 0.3 is 6.61 Å². The minimum absolute atomic E-state index is 0.0812. The van der Waals surface area contributed by atoms with E-state index in [1.54, 1.807) is 24.3 Å². The van der Waals surface area contributed by atoms with Crippen LogP contribution in [0.3, 0.4) is 0 Å². The molecule has 1 atom stereocenters. The predicted octanol–water partition coefficient (Wildman–Crippen LogP) is 5.02. The monoisotopic (exact) mass is 291 g/mol. The molecule has 0 saturated heterocycles. The molecule has 4 heteroatoms. The highest BCUT2D eigenvalue weighted by molar-refractivity contribution is 5.48. The van der Waals surface area contributed by atoms with Gasteiger partial charge in [-0.1, -0.05) is 31.2 Å². The number of hydrogen-bond acceptors (Lipinski definition) is 2. The summed E-state index contributed by atoms with van der Waals surface area (Å²) in [7, 11) is 0. The topological polar surface area (TPSA) is 21.3 Å². The van der Waals surface area contributed by atoms with Crippen LogP contribution in [0.5, 0.6) is 5.75 Å². The van der Waals surface area contributed by atoms with Gasteiger partial charge < -0.3 is 10.1 Å². The van der Waals surface area contributed by atoms with E-state index in [9.17, 15) is 8.78 Å². The summed E-state index contributed by atoms with van der Waals surface area (Å²) < 4.78 is 28.6. The maximum Gasteiger partial charge on any atom is 0.387 e. The Kier molecular flexibility index (Phi) is 5.14. The molecule has 0 aliphatic carbocycles. The number of benzene rings is 2. The molecule has 2 aromatic rings. The van der Waals surface area contributed by atoms with Gasteiger partial charge in [-0.25, -0.2) is 0 Å². The van der Waals surface area contributed by atoms with Gasteiger partial charge in [0.2, 0.25) is 0 Å². The van der Waals surface area contributed by atoms with Crippen LogP contribution >= 0.6 is 0 Å². The third-order valence-electron chi connectivity index (χ3n) is 3.32. The first kappa shape index (κ1) is 15.3. The molecule has 0 heterocycles. The Hall–Kier alpha value is -2.10. The largest absolute Gasteiger partial charge is 0.435 e. The normalized spacial score (nSPS) is 12.2. The average molecular weight is 291 g/mol. The maximum atomic E-state index is 12.1. The van der Waals surface area contributed by atoms with Crippen molar-refractivity contribution in [3.63, 3.8) is 0 Å². The van der Waals surface area contributed by atoms with Crippen LogP contribution in [0.2, 0.25) is 0 Å². The lowest BCUT2D eigenvalue weighted by Gasteiger charge is -2.17. The van der Waals surface area contributed by atoms with E-state index >= 15 is 0 Å². The molecule has 0 spiro atoms. The Morgan fingerprint density at radius 2 is 1.81 bits per heavy atom. The van der Waals surface area contributed by atoms with Gasteiger partial charge in [0.25, 0.3) is 0 Å². The first-order valence-corrected chi connectivity index (χ1v) is 6.98. The standard InChI is InChI=1S/C17H19F2NO/c1-3-13-5-4-6-15(11-13)20-12(2)14-7-9-16(10-8-14)21-17(18)19/h4-12,17,20H,3H2,1-2H3. The fourth-order valence-electron chi connectivity index (χ4n) is 2.15. The number of anilines is 1. The van der Waals surface area contributed by atoms with Crippen molar-refractivity contribution in [3.8, 4) is 5.75 Å². The Balaban J connectivity index is 2.03. The van der Waals surface area contributed by atoms with Gasteiger partial charge in [0, 0.05) is 11.7 Å². The molecule has 0 radical (unpaired) electrons. The van der Waals surface area contributed by atoms with E-state index in [0.29, 0.717) is 0 Å². The molecule has 0 fully saturated rings. The highest BCUT2D eigenvalue weighted by atomic mass is 19.3. The molecule has 21 heavy (non-hydrogen) atoms. The van der Waals surface area contributed by atoms with Crippen molar-refractivity contribution < 1.29 is 13.5 Å². The number of nitrogens with one attached hydrogen (secondary N) is 1. The molecule has 0 aliphatic rings. The number of aryl methyl sites for hydroxylation is 1. The van der Waals surface area contributed by atoms with Gasteiger partial charge in [-0.15, -0.1) is 0 Å². The first-order chi connectivity index (χ1) is 10.1. The first-order valence-electron chi connectivity index (χ1n) is 6.98. The van der Waals surface area contributed by atoms with Crippen LogP contribution in [0.15, 0.2) is 48.5 Å². The van der Waals surface area contributed by atoms with Crippen LogP contribution in [0, 0.1) is 0 Å². The molecule has 0 saturated carbocycles. The third-order valence-corrected chi connectivity index (χ3v) is 3.32. The lowest BCUT2D eigenvalue weighted by Crippen LogP contribution is -2.07. The average Bonchev–Trinajstić information content (AvgIpc) is 2.47. The smallest absolute Gasteiger partial charge is 0.387 e. The third kappa shape index (κ3) is 4.45. The minimum atomic E-state index is -2.79. The van der Waals surface area contributed by atoms with Crippen LogP contribution in [-0.2, 0) is 6.42 Å². The molecule has 2 aromatic carbocycles. The maximum absolute atomic E-state index is 12.1. The zero-order valence-corrected chi connectivity index (χ0v) is 12.1. The van der Waals surface area contributed by atoms with Crippen LogP contribution in [-0.4, -0.2) is 6.61 Å². The lowest BCUT2D eigenvalue weighted by molar-refractivity contribution is -0.0498. The van der Waals surface area contributed by atoms with Gasteiger partial charge in [0.05, 0.1) is 0 Å². The molecular weight excluding hydrogens is 272 g/mol. The highest BCUT2D eigenvalue weighted by Crippen LogP contribution is 2.23. The summed E-state index contributed by atoms with van der Waals surface area (Å²) in [6.07, 6.45) is 0.990. The number of hydrogen-bond donors (Lipinski definition) is 1. The second-order valence-electron chi connectivity index (χ2n) is 4.87. The molecular formula is C17H19F2NO. The second kappa shape index (κ2) is 7.07. The Morgan fingerprint density at radius 1 is 1.10 bits per heavy atom. The van der Waals surface area contributed by atoms with Gasteiger partial charge in [0.1, 0.15) is 5.75 Å². The van der Waals surface area contributed by atoms with Gasteiger partial charge in [-0.3, -0.25) is 0 Å². The van der Waals surface area contributed by atoms with Gasteiger partial charge in [-0.2, -0.15) is 8.78 Å². The molecule has 0 amide bonds. The van der Waals surface area contributed by atoms with E-state index in [1.807, 2.05) is 19.1 Å². The zero-order valence-electron chi connectivity index (χ0n) is 12.1. The fraction of sp³-hybridized carbons (Fsp3) is 0.294. The number of rotatable bonds is 6. The molecule has 2 nitrogen and oxygen atoms in total. The SMILES string of the molecule is CCc1cccc(NC(C)c2ccc(OC(F)F)cc2)c1. The van der Waals surface area contributed by atoms with Crippen molar-refractivity contribution in [1.82, 2.24) is 0 Å². The van der Waals surface area contributed by atoms with Crippen LogP contribution < -0.4 is 10.1 Å². The second-order valence-corrected chi connectivity index (χ2v) is 4.87. The fourth-order valence-corrected chi connectivity index (χ4v) is 2.15. The summed E-state index contributed by atoms with van der Waals surface area (Å²) in [6.45, 7) is 1.36. The molecule has 0 aromatic heterocycles. The van der Waals surface area contributed by atoms with Crippen LogP contribution in [0.1, 0.15) is 31.0 Å². The Labute approximate surface area is 123 Å². The van der Waals surface area contributed by atoms with Crippen LogP contribution in [0.25, 0.3) is 0 Å². The molecule has 1 unspecified atom stereocenters. The van der Waals surface area contributed by atoms with Crippen molar-refractivity contribution in [1.29, 1.82) is 0 Å².